The van der Waals surface area contributed by atoms with Crippen molar-refractivity contribution in [2.45, 2.75) is 63.3 Å². The van der Waals surface area contributed by atoms with E-state index in [1.165, 1.54) is 12.8 Å². The van der Waals surface area contributed by atoms with Gasteiger partial charge in [0.15, 0.2) is 0 Å². The maximum atomic E-state index is 10.1. The van der Waals surface area contributed by atoms with Crippen molar-refractivity contribution < 1.29 is 9.84 Å². The summed E-state index contributed by atoms with van der Waals surface area (Å²) >= 11 is 0. The lowest BCUT2D eigenvalue weighted by Gasteiger charge is -2.26. The molecule has 2 nitrogen and oxygen atoms in total. The molecule has 70 valence electrons. The molecule has 0 unspecified atom stereocenters. The summed E-state index contributed by atoms with van der Waals surface area (Å²) in [5.41, 5.74) is -0.685. The van der Waals surface area contributed by atoms with Gasteiger partial charge in [-0.3, -0.25) is 0 Å². The molecular weight excluding hydrogens is 152 g/mol. The lowest BCUT2D eigenvalue weighted by atomic mass is 9.87. The van der Waals surface area contributed by atoms with E-state index in [4.69, 9.17) is 4.74 Å². The first-order chi connectivity index (χ1) is 5.62. The highest BCUT2D eigenvalue weighted by atomic mass is 16.6. The van der Waals surface area contributed by atoms with E-state index in [9.17, 15) is 5.11 Å². The van der Waals surface area contributed by atoms with Crippen LogP contribution in [0, 0.1) is 0 Å². The second-order valence-electron chi connectivity index (χ2n) is 4.41. The third-order valence-corrected chi connectivity index (χ3v) is 3.52. The molecule has 12 heavy (non-hydrogen) atoms. The van der Waals surface area contributed by atoms with Gasteiger partial charge in [-0.25, -0.2) is 0 Å². The Morgan fingerprint density at radius 1 is 1.58 bits per heavy atom. The highest BCUT2D eigenvalue weighted by molar-refractivity contribution is 5.19. The summed E-state index contributed by atoms with van der Waals surface area (Å²) in [4.78, 5) is 0. The molecule has 2 aliphatic rings. The lowest BCUT2D eigenvalue weighted by molar-refractivity contribution is -0.0310. The van der Waals surface area contributed by atoms with Gasteiger partial charge < -0.3 is 9.84 Å². The second kappa shape index (κ2) is 2.46. The standard InChI is InChI=1S/C10H18O2/c1-3-4-6-10-8(12-10)5-7-9(10,2)11/h8,11H,3-7H2,1-2H3/t8-,9+,10-/m1/s1. The van der Waals surface area contributed by atoms with Crippen LogP contribution in [-0.4, -0.2) is 22.4 Å². The Bertz CT molecular complexity index is 188. The minimum atomic E-state index is -0.549. The number of unbranched alkanes of at least 4 members (excludes halogenated alkanes) is 1. The van der Waals surface area contributed by atoms with E-state index in [2.05, 4.69) is 6.92 Å². The highest BCUT2D eigenvalue weighted by Crippen LogP contribution is 2.58. The summed E-state index contributed by atoms with van der Waals surface area (Å²) in [6.45, 7) is 4.10. The average Bonchev–Trinajstić information content (AvgIpc) is 2.68. The van der Waals surface area contributed by atoms with Gasteiger partial charge in [-0.2, -0.15) is 0 Å². The summed E-state index contributed by atoms with van der Waals surface area (Å²) in [6.07, 6.45) is 5.75. The maximum absolute atomic E-state index is 10.1. The number of aliphatic hydroxyl groups is 1. The van der Waals surface area contributed by atoms with E-state index in [0.717, 1.165) is 19.3 Å². The Morgan fingerprint density at radius 2 is 2.33 bits per heavy atom. The molecule has 1 aliphatic heterocycles. The fourth-order valence-electron chi connectivity index (χ4n) is 2.54. The quantitative estimate of drug-likeness (QED) is 0.656. The summed E-state index contributed by atoms with van der Waals surface area (Å²) < 4.78 is 5.61. The average molecular weight is 170 g/mol. The van der Waals surface area contributed by atoms with Crippen LogP contribution in [-0.2, 0) is 4.74 Å². The van der Waals surface area contributed by atoms with E-state index in [-0.39, 0.29) is 5.60 Å². The van der Waals surface area contributed by atoms with E-state index >= 15 is 0 Å². The Balaban J connectivity index is 2.02. The molecule has 1 heterocycles. The Labute approximate surface area is 73.9 Å². The van der Waals surface area contributed by atoms with E-state index in [1.807, 2.05) is 6.92 Å². The lowest BCUT2D eigenvalue weighted by Crippen LogP contribution is -2.39. The van der Waals surface area contributed by atoms with E-state index < -0.39 is 5.60 Å². The van der Waals surface area contributed by atoms with Crippen molar-refractivity contribution in [3.05, 3.63) is 0 Å². The van der Waals surface area contributed by atoms with Crippen LogP contribution in [0.5, 0.6) is 0 Å². The van der Waals surface area contributed by atoms with Crippen LogP contribution in [0.2, 0.25) is 0 Å². The molecule has 0 spiro atoms. The van der Waals surface area contributed by atoms with Crippen LogP contribution in [0.3, 0.4) is 0 Å². The molecule has 0 aromatic rings. The molecule has 2 rings (SSSR count). The molecule has 1 saturated heterocycles. The van der Waals surface area contributed by atoms with Gasteiger partial charge in [0.2, 0.25) is 0 Å². The number of epoxide rings is 1. The van der Waals surface area contributed by atoms with Crippen LogP contribution in [0.4, 0.5) is 0 Å². The first-order valence-corrected chi connectivity index (χ1v) is 5.02. The minimum absolute atomic E-state index is 0.136. The number of hydrogen-bond donors (Lipinski definition) is 1. The van der Waals surface area contributed by atoms with Crippen LogP contribution < -0.4 is 0 Å². The molecule has 1 saturated carbocycles. The van der Waals surface area contributed by atoms with Gasteiger partial charge in [0, 0.05) is 0 Å². The Hall–Kier alpha value is -0.0800. The SMILES string of the molecule is CCCC[C@@]12O[C@@H]1CC[C@]2(C)O. The molecule has 0 amide bonds. The van der Waals surface area contributed by atoms with Gasteiger partial charge in [0.25, 0.3) is 0 Å². The number of fused-ring (bicyclic) bond motifs is 1. The summed E-state index contributed by atoms with van der Waals surface area (Å²) in [6, 6.07) is 0. The molecule has 1 aliphatic carbocycles. The van der Waals surface area contributed by atoms with Crippen molar-refractivity contribution in [1.82, 2.24) is 0 Å². The summed E-state index contributed by atoms with van der Waals surface area (Å²) in [5.74, 6) is 0. The van der Waals surface area contributed by atoms with E-state index in [1.54, 1.807) is 0 Å². The van der Waals surface area contributed by atoms with Gasteiger partial charge in [0.1, 0.15) is 5.60 Å². The fourth-order valence-corrected chi connectivity index (χ4v) is 2.54. The zero-order valence-electron chi connectivity index (χ0n) is 7.97. The van der Waals surface area contributed by atoms with Crippen molar-refractivity contribution in [1.29, 1.82) is 0 Å². The van der Waals surface area contributed by atoms with Gasteiger partial charge in [-0.15, -0.1) is 0 Å². The third kappa shape index (κ3) is 0.944. The van der Waals surface area contributed by atoms with Gasteiger partial charge in [0.05, 0.1) is 11.7 Å². The fraction of sp³-hybridized carbons (Fsp3) is 1.00. The number of ether oxygens (including phenoxy) is 1. The summed E-state index contributed by atoms with van der Waals surface area (Å²) in [5, 5.41) is 10.1. The van der Waals surface area contributed by atoms with Gasteiger partial charge in [-0.05, 0) is 26.2 Å². The van der Waals surface area contributed by atoms with Crippen molar-refractivity contribution in [3.8, 4) is 0 Å². The van der Waals surface area contributed by atoms with Crippen LogP contribution >= 0.6 is 0 Å². The predicted octanol–water partition coefficient (Wildman–Crippen LogP) is 1.86. The number of rotatable bonds is 3. The number of hydrogen-bond acceptors (Lipinski definition) is 2. The van der Waals surface area contributed by atoms with E-state index in [0.29, 0.717) is 6.10 Å². The third-order valence-electron chi connectivity index (χ3n) is 3.52. The molecule has 2 fully saturated rings. The van der Waals surface area contributed by atoms with Gasteiger partial charge in [-0.1, -0.05) is 19.8 Å². The minimum Gasteiger partial charge on any atom is -0.387 e. The maximum Gasteiger partial charge on any atom is 0.123 e. The van der Waals surface area contributed by atoms with Crippen molar-refractivity contribution in [3.63, 3.8) is 0 Å². The van der Waals surface area contributed by atoms with Crippen LogP contribution in [0.25, 0.3) is 0 Å². The molecular formula is C10H18O2. The van der Waals surface area contributed by atoms with Crippen molar-refractivity contribution in [2.24, 2.45) is 0 Å². The van der Waals surface area contributed by atoms with Gasteiger partial charge >= 0.3 is 0 Å². The largest absolute Gasteiger partial charge is 0.387 e. The molecule has 0 aromatic heterocycles. The molecule has 0 aromatic carbocycles. The first kappa shape index (κ1) is 8.52. The first-order valence-electron chi connectivity index (χ1n) is 5.02. The van der Waals surface area contributed by atoms with Crippen molar-refractivity contribution in [2.75, 3.05) is 0 Å². The Kier molecular flexibility index (Phi) is 1.74. The second-order valence-corrected chi connectivity index (χ2v) is 4.41. The topological polar surface area (TPSA) is 32.8 Å². The molecule has 0 bridgehead atoms. The monoisotopic (exact) mass is 170 g/mol. The Morgan fingerprint density at radius 3 is 2.75 bits per heavy atom. The zero-order chi connectivity index (χ0) is 8.82. The smallest absolute Gasteiger partial charge is 0.123 e. The van der Waals surface area contributed by atoms with Crippen LogP contribution in [0.15, 0.2) is 0 Å². The molecule has 3 atom stereocenters. The molecule has 1 N–H and O–H groups in total. The normalized spacial score (nSPS) is 50.8. The summed E-state index contributed by atoms with van der Waals surface area (Å²) in [7, 11) is 0. The van der Waals surface area contributed by atoms with Crippen LogP contribution in [0.1, 0.15) is 46.0 Å². The highest BCUT2D eigenvalue weighted by Gasteiger charge is 2.70. The van der Waals surface area contributed by atoms with Crippen molar-refractivity contribution >= 4 is 0 Å². The zero-order valence-corrected chi connectivity index (χ0v) is 7.97. The molecule has 2 heteroatoms. The predicted molar refractivity (Wildman–Crippen MR) is 47.0 cm³/mol. The molecule has 0 radical (unpaired) electrons.